The van der Waals surface area contributed by atoms with E-state index in [-0.39, 0.29) is 35.4 Å². The molecule has 2 rings (SSSR count). The van der Waals surface area contributed by atoms with Gasteiger partial charge in [0.1, 0.15) is 6.61 Å². The Bertz CT molecular complexity index is 862. The molecule has 2 N–H and O–H groups in total. The van der Waals surface area contributed by atoms with Gasteiger partial charge < -0.3 is 15.2 Å². The third kappa shape index (κ3) is 5.10. The van der Waals surface area contributed by atoms with Crippen molar-refractivity contribution >= 4 is 27.1 Å². The number of hydrogen-bond acceptors (Lipinski definition) is 7. The minimum Gasteiger partial charge on any atom is -0.474 e. The number of carbonyl (C=O) groups excluding carboxylic acids is 1. The van der Waals surface area contributed by atoms with Crippen LogP contribution in [-0.2, 0) is 14.6 Å². The first-order valence-electron chi connectivity index (χ1n) is 7.17. The Morgan fingerprint density at radius 1 is 1.24 bits per heavy atom. The molecule has 0 aliphatic rings. The van der Waals surface area contributed by atoms with Crippen LogP contribution in [0.1, 0.15) is 5.56 Å². The van der Waals surface area contributed by atoms with Crippen molar-refractivity contribution in [3.63, 3.8) is 0 Å². The molecule has 0 aliphatic carbocycles. The third-order valence-corrected chi connectivity index (χ3v) is 4.24. The largest absolute Gasteiger partial charge is 0.474 e. The molecular formula is C16H17N3O5S. The van der Waals surface area contributed by atoms with Crippen LogP contribution in [0.2, 0.25) is 0 Å². The number of anilines is 1. The van der Waals surface area contributed by atoms with E-state index in [2.05, 4.69) is 21.9 Å². The quantitative estimate of drug-likeness (QED) is 0.702. The van der Waals surface area contributed by atoms with Crippen LogP contribution in [0, 0.1) is 0 Å². The molecule has 0 radical (unpaired) electrons. The van der Waals surface area contributed by atoms with Crippen LogP contribution in [0.3, 0.4) is 0 Å². The summed E-state index contributed by atoms with van der Waals surface area (Å²) in [5, 5.41) is 11.2. The second-order valence-electron chi connectivity index (χ2n) is 5.04. The normalized spacial score (nSPS) is 11.0. The van der Waals surface area contributed by atoms with Crippen LogP contribution in [0.25, 0.3) is 5.57 Å². The molecule has 9 heteroatoms. The highest BCUT2D eigenvalue weighted by molar-refractivity contribution is 7.90. The van der Waals surface area contributed by atoms with E-state index in [0.29, 0.717) is 5.56 Å². The number of nitrogens with one attached hydrogen (secondary N) is 1. The summed E-state index contributed by atoms with van der Waals surface area (Å²) in [5.74, 6) is -0.0667. The lowest BCUT2D eigenvalue weighted by molar-refractivity contribution is -0.111. The maximum atomic E-state index is 12.2. The highest BCUT2D eigenvalue weighted by Crippen LogP contribution is 2.18. The monoisotopic (exact) mass is 363 g/mol. The lowest BCUT2D eigenvalue weighted by atomic mass is 10.1. The second-order valence-corrected chi connectivity index (χ2v) is 7.06. The van der Waals surface area contributed by atoms with E-state index < -0.39 is 15.7 Å². The summed E-state index contributed by atoms with van der Waals surface area (Å²) in [6.07, 6.45) is 3.73. The van der Waals surface area contributed by atoms with Gasteiger partial charge in [0, 0.05) is 11.8 Å². The van der Waals surface area contributed by atoms with E-state index >= 15 is 0 Å². The number of aliphatic hydroxyl groups excluding tert-OH is 1. The summed E-state index contributed by atoms with van der Waals surface area (Å²) in [4.78, 5) is 20.3. The Kier molecular flexibility index (Phi) is 5.84. The van der Waals surface area contributed by atoms with Crippen LogP contribution in [-0.4, -0.2) is 48.9 Å². The van der Waals surface area contributed by atoms with E-state index in [9.17, 15) is 13.2 Å². The van der Waals surface area contributed by atoms with Gasteiger partial charge in [-0.05, 0) is 17.7 Å². The Balaban J connectivity index is 2.03. The predicted octanol–water partition coefficient (Wildman–Crippen LogP) is 0.903. The smallest absolute Gasteiger partial charge is 0.256 e. The average Bonchev–Trinajstić information content (AvgIpc) is 2.60. The number of carbonyl (C=O) groups is 1. The number of aromatic nitrogens is 2. The van der Waals surface area contributed by atoms with Gasteiger partial charge >= 0.3 is 0 Å². The van der Waals surface area contributed by atoms with Crippen LogP contribution < -0.4 is 10.1 Å². The van der Waals surface area contributed by atoms with Gasteiger partial charge in [0.2, 0.25) is 5.88 Å². The van der Waals surface area contributed by atoms with Crippen molar-refractivity contribution in [2.75, 3.05) is 24.8 Å². The zero-order valence-electron chi connectivity index (χ0n) is 13.5. The first-order valence-corrected chi connectivity index (χ1v) is 9.07. The van der Waals surface area contributed by atoms with Gasteiger partial charge in [0.15, 0.2) is 15.7 Å². The van der Waals surface area contributed by atoms with Crippen molar-refractivity contribution in [3.8, 4) is 5.88 Å². The van der Waals surface area contributed by atoms with Crippen LogP contribution in [0.4, 0.5) is 5.82 Å². The van der Waals surface area contributed by atoms with Gasteiger partial charge in [0.25, 0.3) is 5.91 Å². The maximum absolute atomic E-state index is 12.2. The molecule has 25 heavy (non-hydrogen) atoms. The number of benzene rings is 1. The average molecular weight is 363 g/mol. The molecule has 0 aliphatic heterocycles. The predicted molar refractivity (Wildman–Crippen MR) is 91.8 cm³/mol. The summed E-state index contributed by atoms with van der Waals surface area (Å²) in [5.41, 5.74) is 0.642. The molecule has 0 fully saturated rings. The minimum absolute atomic E-state index is 0.0979. The summed E-state index contributed by atoms with van der Waals surface area (Å²) < 4.78 is 28.0. The molecule has 2 aromatic rings. The number of hydrogen-bond donors (Lipinski definition) is 2. The standard InChI is InChI=1S/C16H17N3O5S/c1-11(12-3-5-13(6-4-12)25(2,22)23)16(21)19-14-9-18-15(10-17-14)24-8-7-20/h3-6,9-10,20H,1,7-8H2,2H3,(H,17,19,21). The molecule has 1 amide bonds. The molecular weight excluding hydrogens is 346 g/mol. The van der Waals surface area contributed by atoms with E-state index in [1.54, 1.807) is 0 Å². The maximum Gasteiger partial charge on any atom is 0.256 e. The Labute approximate surface area is 145 Å². The molecule has 0 atom stereocenters. The minimum atomic E-state index is -3.30. The van der Waals surface area contributed by atoms with Gasteiger partial charge in [-0.25, -0.2) is 18.4 Å². The third-order valence-electron chi connectivity index (χ3n) is 3.12. The molecule has 0 unspecified atom stereocenters. The molecule has 0 saturated carbocycles. The molecule has 1 aromatic heterocycles. The fraction of sp³-hybridized carbons (Fsp3) is 0.188. The lowest BCUT2D eigenvalue weighted by Gasteiger charge is -2.08. The van der Waals surface area contributed by atoms with Crippen molar-refractivity contribution in [2.45, 2.75) is 4.90 Å². The van der Waals surface area contributed by atoms with Crippen LogP contribution in [0.15, 0.2) is 48.1 Å². The summed E-state index contributed by atoms with van der Waals surface area (Å²) in [6.45, 7) is 3.67. The van der Waals surface area contributed by atoms with E-state index in [1.165, 1.54) is 36.7 Å². The molecule has 0 bridgehead atoms. The fourth-order valence-electron chi connectivity index (χ4n) is 1.83. The molecule has 1 heterocycles. The Morgan fingerprint density at radius 2 is 1.92 bits per heavy atom. The van der Waals surface area contributed by atoms with Gasteiger partial charge in [0.05, 0.1) is 23.9 Å². The van der Waals surface area contributed by atoms with Gasteiger partial charge in [-0.3, -0.25) is 4.79 Å². The highest BCUT2D eigenvalue weighted by atomic mass is 32.2. The first kappa shape index (κ1) is 18.6. The molecule has 1 aromatic carbocycles. The van der Waals surface area contributed by atoms with Crippen molar-refractivity contribution in [1.29, 1.82) is 0 Å². The molecule has 132 valence electrons. The van der Waals surface area contributed by atoms with Crippen LogP contribution in [0.5, 0.6) is 5.88 Å². The number of amides is 1. The van der Waals surface area contributed by atoms with Gasteiger partial charge in [-0.15, -0.1) is 0 Å². The van der Waals surface area contributed by atoms with Crippen molar-refractivity contribution in [1.82, 2.24) is 9.97 Å². The number of sulfone groups is 1. The zero-order valence-corrected chi connectivity index (χ0v) is 14.3. The van der Waals surface area contributed by atoms with E-state index in [4.69, 9.17) is 9.84 Å². The lowest BCUT2D eigenvalue weighted by Crippen LogP contribution is -2.14. The molecule has 0 saturated heterocycles. The van der Waals surface area contributed by atoms with E-state index in [1.807, 2.05) is 0 Å². The topological polar surface area (TPSA) is 118 Å². The first-order chi connectivity index (χ1) is 11.8. The van der Waals surface area contributed by atoms with Crippen molar-refractivity contribution in [3.05, 3.63) is 48.8 Å². The van der Waals surface area contributed by atoms with Crippen LogP contribution >= 0.6 is 0 Å². The number of nitrogens with zero attached hydrogens (tertiary/aromatic N) is 2. The summed E-state index contributed by atoms with van der Waals surface area (Å²) in [7, 11) is -3.30. The summed E-state index contributed by atoms with van der Waals surface area (Å²) in [6, 6.07) is 5.85. The van der Waals surface area contributed by atoms with E-state index in [0.717, 1.165) is 6.26 Å². The molecule has 0 spiro atoms. The SMILES string of the molecule is C=C(C(=O)Nc1cnc(OCCO)cn1)c1ccc(S(C)(=O)=O)cc1. The van der Waals surface area contributed by atoms with Crippen molar-refractivity contribution < 1.29 is 23.1 Å². The zero-order chi connectivity index (χ0) is 18.4. The Hall–Kier alpha value is -2.78. The van der Waals surface area contributed by atoms with Gasteiger partial charge in [-0.2, -0.15) is 0 Å². The number of aliphatic hydroxyl groups is 1. The fourth-order valence-corrected chi connectivity index (χ4v) is 2.46. The summed E-state index contributed by atoms with van der Waals surface area (Å²) >= 11 is 0. The van der Waals surface area contributed by atoms with Gasteiger partial charge in [-0.1, -0.05) is 18.7 Å². The number of rotatable bonds is 7. The molecule has 8 nitrogen and oxygen atoms in total. The van der Waals surface area contributed by atoms with Crippen molar-refractivity contribution in [2.24, 2.45) is 0 Å². The Morgan fingerprint density at radius 3 is 2.44 bits per heavy atom. The highest BCUT2D eigenvalue weighted by Gasteiger charge is 2.13. The second kappa shape index (κ2) is 7.86. The number of ether oxygens (including phenoxy) is 1.